The van der Waals surface area contributed by atoms with Gasteiger partial charge in [-0.1, -0.05) is 30.3 Å². The van der Waals surface area contributed by atoms with Crippen LogP contribution < -0.4 is 0 Å². The van der Waals surface area contributed by atoms with Gasteiger partial charge in [0.05, 0.1) is 0 Å². The van der Waals surface area contributed by atoms with Gasteiger partial charge >= 0.3 is 5.97 Å². The van der Waals surface area contributed by atoms with Crippen molar-refractivity contribution < 1.29 is 14.6 Å². The van der Waals surface area contributed by atoms with Crippen LogP contribution in [0.1, 0.15) is 12.5 Å². The van der Waals surface area contributed by atoms with Gasteiger partial charge in [-0.05, 0) is 18.6 Å². The Morgan fingerprint density at radius 2 is 2.07 bits per heavy atom. The van der Waals surface area contributed by atoms with Gasteiger partial charge < -0.3 is 9.84 Å². The highest BCUT2D eigenvalue weighted by Gasteiger charge is 2.06. The molecule has 74 valence electrons. The van der Waals surface area contributed by atoms with E-state index in [1.54, 1.807) is 6.92 Å². The van der Waals surface area contributed by atoms with Gasteiger partial charge in [-0.2, -0.15) is 0 Å². The van der Waals surface area contributed by atoms with Gasteiger partial charge in [0.2, 0.25) is 0 Å². The third kappa shape index (κ3) is 2.94. The molecule has 1 aromatic rings. The fourth-order valence-electron chi connectivity index (χ4n) is 0.915. The molecule has 3 nitrogen and oxygen atoms in total. The molecule has 0 spiro atoms. The highest BCUT2D eigenvalue weighted by atomic mass is 16.5. The number of esters is 1. The summed E-state index contributed by atoms with van der Waals surface area (Å²) in [5, 5.41) is 8.99. The monoisotopic (exact) mass is 192 g/mol. The molecule has 0 aliphatic carbocycles. The van der Waals surface area contributed by atoms with Crippen molar-refractivity contribution in [2.75, 3.05) is 0 Å². The van der Waals surface area contributed by atoms with Gasteiger partial charge in [-0.3, -0.25) is 0 Å². The van der Waals surface area contributed by atoms with Gasteiger partial charge in [-0.15, -0.1) is 0 Å². The minimum Gasteiger partial charge on any atom is -0.502 e. The fourth-order valence-corrected chi connectivity index (χ4v) is 0.915. The summed E-state index contributed by atoms with van der Waals surface area (Å²) >= 11 is 0. The summed E-state index contributed by atoms with van der Waals surface area (Å²) in [5.41, 5.74) is 0.893. The first-order chi connectivity index (χ1) is 6.74. The van der Waals surface area contributed by atoms with E-state index in [2.05, 4.69) is 0 Å². The first-order valence-electron chi connectivity index (χ1n) is 4.30. The van der Waals surface area contributed by atoms with Gasteiger partial charge in [0.1, 0.15) is 6.61 Å². The molecule has 0 saturated carbocycles. The Hall–Kier alpha value is -1.77. The van der Waals surface area contributed by atoms with Crippen LogP contribution in [-0.4, -0.2) is 11.1 Å². The fraction of sp³-hybridized carbons (Fsp3) is 0.182. The summed E-state index contributed by atoms with van der Waals surface area (Å²) in [5.74, 6) is -1.06. The third-order valence-corrected chi connectivity index (χ3v) is 1.70. The van der Waals surface area contributed by atoms with E-state index < -0.39 is 5.97 Å². The normalized spacial score (nSPS) is 11.1. The van der Waals surface area contributed by atoms with Crippen molar-refractivity contribution in [3.05, 3.63) is 47.7 Å². The molecule has 0 bridgehead atoms. The maximum atomic E-state index is 11.0. The molecule has 0 unspecified atom stereocenters. The van der Waals surface area contributed by atoms with E-state index in [0.29, 0.717) is 0 Å². The number of benzene rings is 1. The summed E-state index contributed by atoms with van der Waals surface area (Å²) in [6.45, 7) is 1.75. The van der Waals surface area contributed by atoms with E-state index in [1.807, 2.05) is 30.3 Å². The highest BCUT2D eigenvalue weighted by molar-refractivity contribution is 5.85. The van der Waals surface area contributed by atoms with Gasteiger partial charge in [-0.25, -0.2) is 4.79 Å². The van der Waals surface area contributed by atoms with Crippen LogP contribution in [0.2, 0.25) is 0 Å². The number of rotatable bonds is 3. The van der Waals surface area contributed by atoms with Crippen molar-refractivity contribution in [2.24, 2.45) is 0 Å². The van der Waals surface area contributed by atoms with E-state index in [0.717, 1.165) is 5.56 Å². The molecule has 0 radical (unpaired) electrons. The zero-order chi connectivity index (χ0) is 10.4. The number of aliphatic hydroxyl groups excluding tert-OH is 1. The average Bonchev–Trinajstić information content (AvgIpc) is 2.26. The minimum absolute atomic E-state index is 0.178. The lowest BCUT2D eigenvalue weighted by molar-refractivity contribution is -0.143. The van der Waals surface area contributed by atoms with E-state index >= 15 is 0 Å². The number of allylic oxidation sites excluding steroid dienone is 1. The number of ether oxygens (including phenoxy) is 1. The number of aliphatic hydroxyl groups is 1. The molecule has 0 aromatic heterocycles. The zero-order valence-electron chi connectivity index (χ0n) is 7.93. The van der Waals surface area contributed by atoms with Crippen LogP contribution in [0.4, 0.5) is 0 Å². The number of carbonyl (C=O) groups excluding carboxylic acids is 1. The summed E-state index contributed by atoms with van der Waals surface area (Å²) < 4.78 is 4.82. The SMILES string of the molecule is C/C=C(/O)C(=O)OCc1ccccc1. The standard InChI is InChI=1S/C11H12O3/c1-2-10(12)11(13)14-8-9-6-4-3-5-7-9/h2-7,12H,8H2,1H3/b10-2+. The lowest BCUT2D eigenvalue weighted by Crippen LogP contribution is -2.07. The second kappa shape index (κ2) is 5.07. The molecule has 0 atom stereocenters. The first kappa shape index (κ1) is 10.3. The lowest BCUT2D eigenvalue weighted by Gasteiger charge is -2.03. The van der Waals surface area contributed by atoms with Crippen LogP contribution in [0.15, 0.2) is 42.2 Å². The van der Waals surface area contributed by atoms with Gasteiger partial charge in [0.15, 0.2) is 5.76 Å². The quantitative estimate of drug-likeness (QED) is 0.453. The molecular weight excluding hydrogens is 180 g/mol. The largest absolute Gasteiger partial charge is 0.502 e. The molecular formula is C11H12O3. The number of hydrogen-bond donors (Lipinski definition) is 1. The van der Waals surface area contributed by atoms with E-state index in [1.165, 1.54) is 6.08 Å². The van der Waals surface area contributed by atoms with Crippen LogP contribution in [0, 0.1) is 0 Å². The summed E-state index contributed by atoms with van der Waals surface area (Å²) in [6.07, 6.45) is 1.30. The Kier molecular flexibility index (Phi) is 3.73. The van der Waals surface area contributed by atoms with Crippen LogP contribution in [0.5, 0.6) is 0 Å². The number of hydrogen-bond acceptors (Lipinski definition) is 3. The average molecular weight is 192 g/mol. The first-order valence-corrected chi connectivity index (χ1v) is 4.30. The molecule has 14 heavy (non-hydrogen) atoms. The molecule has 0 fully saturated rings. The van der Waals surface area contributed by atoms with Crippen molar-refractivity contribution >= 4 is 5.97 Å². The van der Waals surface area contributed by atoms with Crippen LogP contribution >= 0.6 is 0 Å². The van der Waals surface area contributed by atoms with E-state index in [4.69, 9.17) is 9.84 Å². The predicted octanol–water partition coefficient (Wildman–Crippen LogP) is 2.19. The van der Waals surface area contributed by atoms with Gasteiger partial charge in [0, 0.05) is 0 Å². The lowest BCUT2D eigenvalue weighted by atomic mass is 10.2. The maximum Gasteiger partial charge on any atom is 0.373 e. The number of carbonyl (C=O) groups is 1. The van der Waals surface area contributed by atoms with Crippen LogP contribution in [0.25, 0.3) is 0 Å². The molecule has 0 aliphatic heterocycles. The molecule has 1 N–H and O–H groups in total. The van der Waals surface area contributed by atoms with Crippen molar-refractivity contribution in [2.45, 2.75) is 13.5 Å². The smallest absolute Gasteiger partial charge is 0.373 e. The summed E-state index contributed by atoms with van der Waals surface area (Å²) in [7, 11) is 0. The van der Waals surface area contributed by atoms with Crippen LogP contribution in [0.3, 0.4) is 0 Å². The Bertz CT molecular complexity index is 328. The highest BCUT2D eigenvalue weighted by Crippen LogP contribution is 2.02. The zero-order valence-corrected chi connectivity index (χ0v) is 7.93. The van der Waals surface area contributed by atoms with E-state index in [-0.39, 0.29) is 12.4 Å². The Morgan fingerprint density at radius 3 is 2.64 bits per heavy atom. The van der Waals surface area contributed by atoms with Crippen LogP contribution in [-0.2, 0) is 16.1 Å². The Morgan fingerprint density at radius 1 is 1.43 bits per heavy atom. The topological polar surface area (TPSA) is 46.5 Å². The minimum atomic E-state index is -0.698. The molecule has 0 amide bonds. The van der Waals surface area contributed by atoms with Crippen molar-refractivity contribution in [3.8, 4) is 0 Å². The molecule has 3 heteroatoms. The molecule has 0 aliphatic rings. The second-order valence-electron chi connectivity index (χ2n) is 2.74. The van der Waals surface area contributed by atoms with Crippen molar-refractivity contribution in [3.63, 3.8) is 0 Å². The Labute approximate surface area is 82.6 Å². The molecule has 1 rings (SSSR count). The second-order valence-corrected chi connectivity index (χ2v) is 2.74. The molecule has 0 heterocycles. The van der Waals surface area contributed by atoms with Crippen molar-refractivity contribution in [1.29, 1.82) is 0 Å². The molecule has 0 saturated heterocycles. The Balaban J connectivity index is 2.46. The predicted molar refractivity (Wildman–Crippen MR) is 52.6 cm³/mol. The van der Waals surface area contributed by atoms with Crippen molar-refractivity contribution in [1.82, 2.24) is 0 Å². The summed E-state index contributed by atoms with van der Waals surface area (Å²) in [4.78, 5) is 11.0. The summed E-state index contributed by atoms with van der Waals surface area (Å²) in [6, 6.07) is 9.30. The maximum absolute atomic E-state index is 11.0. The molecule has 1 aromatic carbocycles. The third-order valence-electron chi connectivity index (χ3n) is 1.70. The van der Waals surface area contributed by atoms with Gasteiger partial charge in [0.25, 0.3) is 0 Å². The van der Waals surface area contributed by atoms with E-state index in [9.17, 15) is 4.79 Å².